The molecule has 2 bridgehead atoms. The standard InChI is InChI=1S/C17H23BrN4O2S/c1-21-7-6-16(12(19)23)9-2-3-10(15(9)4-5-15)17(16,13(20)24)14-22-8-11(18)25-14/h8-10,21H,2-7H2,1H3,(H2,19,23)(H2,20,24)/t9-,10+,16+,17-/m1/s1. The largest absolute Gasteiger partial charge is 0.369 e. The van der Waals surface area contributed by atoms with Crippen LogP contribution in [-0.4, -0.2) is 30.4 Å². The number of thiazole rings is 1. The molecule has 1 spiro atoms. The Morgan fingerprint density at radius 2 is 2.00 bits per heavy atom. The second-order valence-corrected chi connectivity index (χ2v) is 10.2. The van der Waals surface area contributed by atoms with Gasteiger partial charge in [-0.25, -0.2) is 4.98 Å². The van der Waals surface area contributed by atoms with Crippen molar-refractivity contribution in [2.75, 3.05) is 13.6 Å². The third-order valence-corrected chi connectivity index (χ3v) is 8.80. The van der Waals surface area contributed by atoms with Gasteiger partial charge in [0.05, 0.1) is 15.4 Å². The summed E-state index contributed by atoms with van der Waals surface area (Å²) in [4.78, 5) is 30.6. The molecule has 0 radical (unpaired) electrons. The lowest BCUT2D eigenvalue weighted by molar-refractivity contribution is -0.147. The van der Waals surface area contributed by atoms with E-state index in [1.54, 1.807) is 6.20 Å². The van der Waals surface area contributed by atoms with E-state index in [1.165, 1.54) is 11.3 Å². The van der Waals surface area contributed by atoms with Gasteiger partial charge < -0.3 is 16.8 Å². The lowest BCUT2D eigenvalue weighted by Gasteiger charge is -2.48. The van der Waals surface area contributed by atoms with Crippen molar-refractivity contribution in [2.45, 2.75) is 37.5 Å². The van der Waals surface area contributed by atoms with Gasteiger partial charge in [0.2, 0.25) is 11.8 Å². The van der Waals surface area contributed by atoms with Crippen LogP contribution in [0.1, 0.15) is 37.1 Å². The van der Waals surface area contributed by atoms with Gasteiger partial charge in [0.1, 0.15) is 10.4 Å². The van der Waals surface area contributed by atoms with Crippen molar-refractivity contribution in [3.63, 3.8) is 0 Å². The predicted octanol–water partition coefficient (Wildman–Crippen LogP) is 1.53. The number of primary amides is 2. The number of carbonyl (C=O) groups is 2. The molecule has 0 aliphatic heterocycles. The van der Waals surface area contributed by atoms with Gasteiger partial charge >= 0.3 is 0 Å². The van der Waals surface area contributed by atoms with E-state index < -0.39 is 22.6 Å². The van der Waals surface area contributed by atoms with Crippen molar-refractivity contribution < 1.29 is 9.59 Å². The van der Waals surface area contributed by atoms with Gasteiger partial charge in [0.15, 0.2) is 0 Å². The Labute approximate surface area is 159 Å². The summed E-state index contributed by atoms with van der Waals surface area (Å²) in [5.74, 6) is -0.662. The molecule has 3 saturated carbocycles. The number of nitrogens with one attached hydrogen (secondary N) is 1. The van der Waals surface area contributed by atoms with Gasteiger partial charge in [-0.2, -0.15) is 0 Å². The van der Waals surface area contributed by atoms with Crippen molar-refractivity contribution in [1.82, 2.24) is 10.3 Å². The van der Waals surface area contributed by atoms with E-state index in [9.17, 15) is 9.59 Å². The SMILES string of the molecule is CNCC[C@@]1(C(N)=O)[C@@H]2CC[C@@H](C23CC3)[C@@]1(C(N)=O)c1ncc(Br)s1. The van der Waals surface area contributed by atoms with E-state index in [0.29, 0.717) is 18.0 Å². The van der Waals surface area contributed by atoms with Crippen molar-refractivity contribution in [3.05, 3.63) is 15.0 Å². The monoisotopic (exact) mass is 426 g/mol. The van der Waals surface area contributed by atoms with Crippen molar-refractivity contribution in [1.29, 1.82) is 0 Å². The Morgan fingerprint density at radius 1 is 1.32 bits per heavy atom. The summed E-state index contributed by atoms with van der Waals surface area (Å²) in [6.45, 7) is 0.615. The van der Waals surface area contributed by atoms with Crippen LogP contribution in [0.5, 0.6) is 0 Å². The molecule has 2 amide bonds. The number of aromatic nitrogens is 1. The van der Waals surface area contributed by atoms with Gasteiger partial charge in [-0.3, -0.25) is 9.59 Å². The van der Waals surface area contributed by atoms with E-state index in [-0.39, 0.29) is 17.3 Å². The molecular formula is C17H23BrN4O2S. The molecule has 4 atom stereocenters. The Morgan fingerprint density at radius 3 is 2.48 bits per heavy atom. The number of hydrogen-bond donors (Lipinski definition) is 3. The first-order valence-electron chi connectivity index (χ1n) is 8.74. The van der Waals surface area contributed by atoms with E-state index in [1.807, 2.05) is 7.05 Å². The molecule has 1 aromatic heterocycles. The molecule has 4 rings (SSSR count). The van der Waals surface area contributed by atoms with Gasteiger partial charge in [-0.1, -0.05) is 0 Å². The van der Waals surface area contributed by atoms with E-state index in [0.717, 1.165) is 29.5 Å². The zero-order valence-electron chi connectivity index (χ0n) is 14.2. The molecule has 1 heterocycles. The Kier molecular flexibility index (Phi) is 3.84. The first-order chi connectivity index (χ1) is 11.9. The van der Waals surface area contributed by atoms with Crippen LogP contribution in [0.4, 0.5) is 0 Å². The van der Waals surface area contributed by atoms with Crippen LogP contribution >= 0.6 is 27.3 Å². The van der Waals surface area contributed by atoms with Gasteiger partial charge in [-0.15, -0.1) is 11.3 Å². The minimum absolute atomic E-state index is 0.0376. The maximum absolute atomic E-state index is 13.1. The summed E-state index contributed by atoms with van der Waals surface area (Å²) in [5, 5.41) is 3.78. The average Bonchev–Trinajstić information content (AvgIpc) is 3.03. The van der Waals surface area contributed by atoms with Crippen LogP contribution in [0, 0.1) is 22.7 Å². The fourth-order valence-electron chi connectivity index (χ4n) is 6.42. The zero-order valence-corrected chi connectivity index (χ0v) is 16.6. The summed E-state index contributed by atoms with van der Waals surface area (Å²) in [7, 11) is 1.85. The highest BCUT2D eigenvalue weighted by molar-refractivity contribution is 9.11. The molecule has 5 N–H and O–H groups in total. The molecular weight excluding hydrogens is 404 g/mol. The van der Waals surface area contributed by atoms with E-state index in [2.05, 4.69) is 26.2 Å². The molecule has 3 aliphatic carbocycles. The average molecular weight is 427 g/mol. The number of rotatable bonds is 6. The van der Waals surface area contributed by atoms with Crippen LogP contribution in [0.3, 0.4) is 0 Å². The quantitative estimate of drug-likeness (QED) is 0.639. The molecule has 136 valence electrons. The molecule has 8 heteroatoms. The van der Waals surface area contributed by atoms with Crippen LogP contribution < -0.4 is 16.8 Å². The highest BCUT2D eigenvalue weighted by atomic mass is 79.9. The van der Waals surface area contributed by atoms with Crippen LogP contribution in [0.2, 0.25) is 0 Å². The summed E-state index contributed by atoms with van der Waals surface area (Å²) in [5.41, 5.74) is 10.1. The molecule has 0 unspecified atom stereocenters. The smallest absolute Gasteiger partial charge is 0.231 e. The highest BCUT2D eigenvalue weighted by Crippen LogP contribution is 2.82. The molecule has 6 nitrogen and oxygen atoms in total. The minimum atomic E-state index is -1.09. The lowest BCUT2D eigenvalue weighted by Crippen LogP contribution is -2.63. The number of halogens is 1. The highest BCUT2D eigenvalue weighted by Gasteiger charge is 2.84. The molecule has 0 saturated heterocycles. The molecule has 25 heavy (non-hydrogen) atoms. The Balaban J connectivity index is 2.01. The Hall–Kier alpha value is -0.990. The zero-order chi connectivity index (χ0) is 18.0. The summed E-state index contributed by atoms with van der Waals surface area (Å²) >= 11 is 4.86. The lowest BCUT2D eigenvalue weighted by atomic mass is 9.53. The maximum Gasteiger partial charge on any atom is 0.231 e. The minimum Gasteiger partial charge on any atom is -0.369 e. The number of nitrogens with two attached hydrogens (primary N) is 2. The first-order valence-corrected chi connectivity index (χ1v) is 10.3. The number of amides is 2. The normalized spacial score (nSPS) is 37.5. The maximum atomic E-state index is 13.1. The summed E-state index contributed by atoms with van der Waals surface area (Å²) < 4.78 is 0.836. The fraction of sp³-hybridized carbons (Fsp3) is 0.706. The van der Waals surface area contributed by atoms with Crippen molar-refractivity contribution >= 4 is 39.1 Å². The second-order valence-electron chi connectivity index (χ2n) is 7.75. The third-order valence-electron chi connectivity index (χ3n) is 7.19. The van der Waals surface area contributed by atoms with Gasteiger partial charge in [-0.05, 0) is 78.9 Å². The second kappa shape index (κ2) is 5.50. The first kappa shape index (κ1) is 17.4. The number of carbonyl (C=O) groups excluding carboxylic acids is 2. The third kappa shape index (κ3) is 1.85. The number of hydrogen-bond acceptors (Lipinski definition) is 5. The van der Waals surface area contributed by atoms with E-state index in [4.69, 9.17) is 11.5 Å². The van der Waals surface area contributed by atoms with E-state index >= 15 is 0 Å². The molecule has 1 aromatic rings. The van der Waals surface area contributed by atoms with Crippen molar-refractivity contribution in [3.8, 4) is 0 Å². The molecule has 3 aliphatic rings. The van der Waals surface area contributed by atoms with Crippen LogP contribution in [0.25, 0.3) is 0 Å². The van der Waals surface area contributed by atoms with Crippen LogP contribution in [-0.2, 0) is 15.0 Å². The fourth-order valence-corrected chi connectivity index (χ4v) is 7.96. The van der Waals surface area contributed by atoms with Gasteiger partial charge in [0.25, 0.3) is 0 Å². The van der Waals surface area contributed by atoms with Gasteiger partial charge in [0, 0.05) is 0 Å². The van der Waals surface area contributed by atoms with Crippen LogP contribution in [0.15, 0.2) is 9.98 Å². The molecule has 0 aromatic carbocycles. The summed E-state index contributed by atoms with van der Waals surface area (Å²) in [6.07, 6.45) is 6.18. The topological polar surface area (TPSA) is 111 Å². The molecule has 3 fully saturated rings. The van der Waals surface area contributed by atoms with Crippen molar-refractivity contribution in [2.24, 2.45) is 34.1 Å². The number of nitrogens with zero attached hydrogens (tertiary/aromatic N) is 1. The predicted molar refractivity (Wildman–Crippen MR) is 98.7 cm³/mol. The Bertz CT molecular complexity index is 749. The summed E-state index contributed by atoms with van der Waals surface area (Å²) in [6, 6.07) is 0.